The summed E-state index contributed by atoms with van der Waals surface area (Å²) in [5, 5.41) is 18.3. The molecule has 0 bridgehead atoms. The van der Waals surface area contributed by atoms with Crippen molar-refractivity contribution >= 4 is 0 Å². The van der Waals surface area contributed by atoms with Gasteiger partial charge in [-0.05, 0) is 23.8 Å². The maximum absolute atomic E-state index is 9.41. The molecule has 0 fully saturated rings. The lowest BCUT2D eigenvalue weighted by atomic mass is 10.1. The quantitative estimate of drug-likeness (QED) is 0.932. The summed E-state index contributed by atoms with van der Waals surface area (Å²) in [5.41, 5.74) is 2.11. The minimum absolute atomic E-state index is 0.149. The first-order chi connectivity index (χ1) is 10.3. The maximum Gasteiger partial charge on any atom is 0.231 e. The Morgan fingerprint density at radius 2 is 2.00 bits per heavy atom. The van der Waals surface area contributed by atoms with Gasteiger partial charge in [-0.2, -0.15) is 5.26 Å². The fraction of sp³-hybridized carbons (Fsp3) is 0.188. The number of ether oxygens (including phenoxy) is 3. The summed E-state index contributed by atoms with van der Waals surface area (Å²) in [5.74, 6) is 1.76. The Bertz CT molecular complexity index is 706. The maximum atomic E-state index is 9.41. The lowest BCUT2D eigenvalue weighted by Gasteiger charge is -2.11. The Hall–Kier alpha value is -2.71. The molecule has 5 nitrogen and oxygen atoms in total. The van der Waals surface area contributed by atoms with Gasteiger partial charge in [0.05, 0.1) is 18.2 Å². The summed E-state index contributed by atoms with van der Waals surface area (Å²) >= 11 is 0. The molecule has 0 amide bonds. The number of benzene rings is 2. The minimum atomic E-state index is -0.149. The molecule has 0 unspecified atom stereocenters. The van der Waals surface area contributed by atoms with Crippen LogP contribution in [0.15, 0.2) is 36.4 Å². The van der Waals surface area contributed by atoms with Gasteiger partial charge in [0.2, 0.25) is 6.79 Å². The van der Waals surface area contributed by atoms with E-state index < -0.39 is 0 Å². The number of hydrogen-bond acceptors (Lipinski definition) is 5. The number of fused-ring (bicyclic) bond motifs is 1. The van der Waals surface area contributed by atoms with Crippen molar-refractivity contribution in [2.45, 2.75) is 13.2 Å². The van der Waals surface area contributed by atoms with Gasteiger partial charge in [-0.1, -0.05) is 12.1 Å². The smallest absolute Gasteiger partial charge is 0.231 e. The van der Waals surface area contributed by atoms with Crippen molar-refractivity contribution in [3.8, 4) is 23.3 Å². The van der Waals surface area contributed by atoms with Gasteiger partial charge in [-0.3, -0.25) is 0 Å². The first-order valence-corrected chi connectivity index (χ1v) is 6.45. The van der Waals surface area contributed by atoms with Crippen LogP contribution in [0.5, 0.6) is 17.2 Å². The van der Waals surface area contributed by atoms with Crippen LogP contribution in [0.25, 0.3) is 0 Å². The van der Waals surface area contributed by atoms with Gasteiger partial charge in [-0.15, -0.1) is 0 Å². The number of rotatable bonds is 4. The van der Waals surface area contributed by atoms with E-state index in [2.05, 4.69) is 6.07 Å². The van der Waals surface area contributed by atoms with Gasteiger partial charge < -0.3 is 19.3 Å². The number of nitriles is 1. The van der Waals surface area contributed by atoms with E-state index in [0.29, 0.717) is 35.0 Å². The largest absolute Gasteiger partial charge is 0.488 e. The monoisotopic (exact) mass is 283 g/mol. The summed E-state index contributed by atoms with van der Waals surface area (Å²) in [6.45, 7) is 0.334. The van der Waals surface area contributed by atoms with E-state index in [1.165, 1.54) is 0 Å². The van der Waals surface area contributed by atoms with Gasteiger partial charge in [0, 0.05) is 11.6 Å². The lowest BCUT2D eigenvalue weighted by Crippen LogP contribution is -1.99. The Morgan fingerprint density at radius 3 is 2.76 bits per heavy atom. The average molecular weight is 283 g/mol. The van der Waals surface area contributed by atoms with Crippen molar-refractivity contribution in [1.29, 1.82) is 5.26 Å². The van der Waals surface area contributed by atoms with Crippen LogP contribution in [0.3, 0.4) is 0 Å². The normalized spacial score (nSPS) is 12.0. The van der Waals surface area contributed by atoms with E-state index >= 15 is 0 Å². The number of aliphatic hydroxyl groups is 1. The molecule has 1 heterocycles. The highest BCUT2D eigenvalue weighted by molar-refractivity contribution is 5.51. The van der Waals surface area contributed by atoms with E-state index in [9.17, 15) is 5.11 Å². The topological polar surface area (TPSA) is 71.7 Å². The second kappa shape index (κ2) is 5.73. The van der Waals surface area contributed by atoms with Crippen LogP contribution in [0.4, 0.5) is 0 Å². The van der Waals surface area contributed by atoms with Gasteiger partial charge in [0.1, 0.15) is 12.4 Å². The molecule has 5 heteroatoms. The van der Waals surface area contributed by atoms with Gasteiger partial charge in [0.25, 0.3) is 0 Å². The average Bonchev–Trinajstić information content (AvgIpc) is 2.99. The van der Waals surface area contributed by atoms with Gasteiger partial charge in [0.15, 0.2) is 11.5 Å². The molecule has 0 spiro atoms. The summed E-state index contributed by atoms with van der Waals surface area (Å²) in [6.07, 6.45) is 0. The summed E-state index contributed by atoms with van der Waals surface area (Å²) < 4.78 is 16.3. The highest BCUT2D eigenvalue weighted by Gasteiger charge is 2.17. The second-order valence-corrected chi connectivity index (χ2v) is 4.57. The Morgan fingerprint density at radius 1 is 1.19 bits per heavy atom. The predicted molar refractivity (Wildman–Crippen MR) is 74.0 cm³/mol. The van der Waals surface area contributed by atoms with Crippen molar-refractivity contribution in [2.24, 2.45) is 0 Å². The molecule has 0 aliphatic carbocycles. The van der Waals surface area contributed by atoms with Crippen molar-refractivity contribution in [1.82, 2.24) is 0 Å². The molecule has 0 saturated heterocycles. The molecular formula is C16H13NO4. The number of hydrogen-bond donors (Lipinski definition) is 1. The molecule has 106 valence electrons. The molecule has 3 rings (SSSR count). The molecule has 1 aliphatic rings. The van der Waals surface area contributed by atoms with Crippen LogP contribution < -0.4 is 14.2 Å². The third kappa shape index (κ3) is 2.76. The zero-order chi connectivity index (χ0) is 14.7. The zero-order valence-corrected chi connectivity index (χ0v) is 11.2. The molecule has 0 atom stereocenters. The van der Waals surface area contributed by atoms with Crippen LogP contribution in [-0.4, -0.2) is 11.9 Å². The lowest BCUT2D eigenvalue weighted by molar-refractivity contribution is 0.173. The highest BCUT2D eigenvalue weighted by atomic mass is 16.7. The first kappa shape index (κ1) is 13.3. The number of aliphatic hydroxyl groups excluding tert-OH is 1. The van der Waals surface area contributed by atoms with Crippen LogP contribution in [0.2, 0.25) is 0 Å². The Labute approximate surface area is 121 Å². The highest BCUT2D eigenvalue weighted by Crippen LogP contribution is 2.38. The molecule has 0 radical (unpaired) electrons. The molecular weight excluding hydrogens is 270 g/mol. The van der Waals surface area contributed by atoms with E-state index in [0.717, 1.165) is 5.56 Å². The van der Waals surface area contributed by atoms with Gasteiger partial charge in [-0.25, -0.2) is 0 Å². The van der Waals surface area contributed by atoms with E-state index in [4.69, 9.17) is 19.5 Å². The standard InChI is InChI=1S/C16H13NO4/c17-7-11-2-1-3-12(4-11)9-19-14-6-16-15(20-10-21-16)5-13(14)8-18/h1-6,18H,8-10H2. The fourth-order valence-corrected chi connectivity index (χ4v) is 2.12. The Kier molecular flexibility index (Phi) is 3.63. The molecule has 0 saturated carbocycles. The molecule has 1 N–H and O–H groups in total. The third-order valence-electron chi connectivity index (χ3n) is 3.18. The zero-order valence-electron chi connectivity index (χ0n) is 11.2. The molecule has 2 aromatic carbocycles. The predicted octanol–water partition coefficient (Wildman–Crippen LogP) is 2.36. The van der Waals surface area contributed by atoms with E-state index in [1.54, 1.807) is 24.3 Å². The first-order valence-electron chi connectivity index (χ1n) is 6.45. The van der Waals surface area contributed by atoms with Crippen molar-refractivity contribution in [3.63, 3.8) is 0 Å². The summed E-state index contributed by atoms with van der Waals surface area (Å²) in [4.78, 5) is 0. The number of nitrogens with zero attached hydrogens (tertiary/aromatic N) is 1. The summed E-state index contributed by atoms with van der Waals surface area (Å²) in [7, 11) is 0. The summed E-state index contributed by atoms with van der Waals surface area (Å²) in [6, 6.07) is 12.7. The van der Waals surface area contributed by atoms with E-state index in [1.807, 2.05) is 12.1 Å². The minimum Gasteiger partial charge on any atom is -0.488 e. The van der Waals surface area contributed by atoms with Crippen LogP contribution in [-0.2, 0) is 13.2 Å². The van der Waals surface area contributed by atoms with Crippen LogP contribution in [0.1, 0.15) is 16.7 Å². The van der Waals surface area contributed by atoms with Crippen LogP contribution >= 0.6 is 0 Å². The van der Waals surface area contributed by atoms with Crippen molar-refractivity contribution in [3.05, 3.63) is 53.1 Å². The second-order valence-electron chi connectivity index (χ2n) is 4.57. The van der Waals surface area contributed by atoms with Crippen molar-refractivity contribution < 1.29 is 19.3 Å². The Balaban J connectivity index is 1.80. The van der Waals surface area contributed by atoms with Gasteiger partial charge >= 0.3 is 0 Å². The molecule has 2 aromatic rings. The fourth-order valence-electron chi connectivity index (χ4n) is 2.12. The molecule has 1 aliphatic heterocycles. The SMILES string of the molecule is N#Cc1cccc(COc2cc3c(cc2CO)OCO3)c1. The van der Waals surface area contributed by atoms with E-state index in [-0.39, 0.29) is 13.4 Å². The van der Waals surface area contributed by atoms with Crippen molar-refractivity contribution in [2.75, 3.05) is 6.79 Å². The molecule has 0 aromatic heterocycles. The third-order valence-corrected chi connectivity index (χ3v) is 3.18. The molecule has 21 heavy (non-hydrogen) atoms. The van der Waals surface area contributed by atoms with Crippen LogP contribution in [0, 0.1) is 11.3 Å².